The molecule has 1 rings (SSSR count). The van der Waals surface area contributed by atoms with Gasteiger partial charge in [0.25, 0.3) is 0 Å². The van der Waals surface area contributed by atoms with Gasteiger partial charge in [-0.3, -0.25) is 0 Å². The van der Waals surface area contributed by atoms with Crippen LogP contribution in [0, 0.1) is 0 Å². The largest absolute Gasteiger partial charge is 0.478 e. The second-order valence-electron chi connectivity index (χ2n) is 2.11. The van der Waals surface area contributed by atoms with Gasteiger partial charge in [-0.15, -0.1) is 0 Å². The molecule has 0 bridgehead atoms. The average molecular weight is 187 g/mol. The molecule has 2 N–H and O–H groups in total. The molecule has 1 aromatic rings. The molecule has 5 heteroatoms. The van der Waals surface area contributed by atoms with E-state index in [2.05, 4.69) is 10.3 Å². The van der Waals surface area contributed by atoms with E-state index in [0.717, 1.165) is 0 Å². The summed E-state index contributed by atoms with van der Waals surface area (Å²) in [5.74, 6) is -0.561. The van der Waals surface area contributed by atoms with E-state index >= 15 is 0 Å². The molecule has 0 aliphatic heterocycles. The number of nitrogens with zero attached hydrogens (tertiary/aromatic N) is 1. The van der Waals surface area contributed by atoms with E-state index in [1.807, 2.05) is 0 Å². The quantitative estimate of drug-likeness (QED) is 0.735. The number of carboxylic acids is 1. The lowest BCUT2D eigenvalue weighted by Gasteiger charge is -2.01. The van der Waals surface area contributed by atoms with Gasteiger partial charge in [-0.2, -0.15) is 0 Å². The zero-order valence-electron chi connectivity index (χ0n) is 6.34. The van der Waals surface area contributed by atoms with Gasteiger partial charge in [0.15, 0.2) is 0 Å². The first-order valence-corrected chi connectivity index (χ1v) is 3.59. The van der Waals surface area contributed by atoms with Crippen molar-refractivity contribution in [2.45, 2.75) is 0 Å². The Morgan fingerprint density at radius 2 is 2.42 bits per heavy atom. The van der Waals surface area contributed by atoms with E-state index < -0.39 is 5.97 Å². The fraction of sp³-hybridized carbons (Fsp3) is 0.143. The van der Waals surface area contributed by atoms with Crippen LogP contribution in [0.3, 0.4) is 0 Å². The molecular formula is C7H7ClN2O2. The topological polar surface area (TPSA) is 62.2 Å². The van der Waals surface area contributed by atoms with Crippen LogP contribution in [0.25, 0.3) is 0 Å². The Kier molecular flexibility index (Phi) is 2.50. The standard InChI is InChI=1S/C7H7ClN2O2/c1-9-6-5(8)2-4(3-10-6)7(11)12/h2-3H,1H3,(H,9,10)(H,11,12). The summed E-state index contributed by atoms with van der Waals surface area (Å²) in [6.07, 6.45) is 1.25. The van der Waals surface area contributed by atoms with Gasteiger partial charge in [0.1, 0.15) is 5.82 Å². The maximum atomic E-state index is 10.4. The van der Waals surface area contributed by atoms with Crippen LogP contribution in [-0.4, -0.2) is 23.1 Å². The SMILES string of the molecule is CNc1ncc(C(=O)O)cc1Cl. The predicted molar refractivity (Wildman–Crippen MR) is 45.8 cm³/mol. The van der Waals surface area contributed by atoms with Crippen molar-refractivity contribution in [1.29, 1.82) is 0 Å². The predicted octanol–water partition coefficient (Wildman–Crippen LogP) is 1.47. The number of carbonyl (C=O) groups is 1. The molecule has 0 aliphatic carbocycles. The lowest BCUT2D eigenvalue weighted by atomic mass is 10.3. The Bertz CT molecular complexity index is 314. The second kappa shape index (κ2) is 3.40. The molecule has 0 radical (unpaired) electrons. The highest BCUT2D eigenvalue weighted by Gasteiger charge is 2.06. The van der Waals surface area contributed by atoms with Crippen molar-refractivity contribution in [2.24, 2.45) is 0 Å². The Hall–Kier alpha value is -1.29. The number of anilines is 1. The first-order chi connectivity index (χ1) is 5.65. The Labute approximate surface area is 74.2 Å². The molecular weight excluding hydrogens is 180 g/mol. The number of nitrogens with one attached hydrogen (secondary N) is 1. The molecule has 12 heavy (non-hydrogen) atoms. The van der Waals surface area contributed by atoms with Crippen LogP contribution in [0.15, 0.2) is 12.3 Å². The Morgan fingerprint density at radius 3 is 2.83 bits per heavy atom. The number of hydrogen-bond acceptors (Lipinski definition) is 3. The zero-order valence-corrected chi connectivity index (χ0v) is 7.09. The Morgan fingerprint density at radius 1 is 1.75 bits per heavy atom. The minimum atomic E-state index is -1.04. The molecule has 0 unspecified atom stereocenters. The highest BCUT2D eigenvalue weighted by atomic mass is 35.5. The first-order valence-electron chi connectivity index (χ1n) is 3.21. The number of pyridine rings is 1. The van der Waals surface area contributed by atoms with E-state index in [1.165, 1.54) is 12.3 Å². The van der Waals surface area contributed by atoms with E-state index in [9.17, 15) is 4.79 Å². The van der Waals surface area contributed by atoms with Gasteiger partial charge in [0.05, 0.1) is 10.6 Å². The van der Waals surface area contributed by atoms with Crippen LogP contribution in [0.5, 0.6) is 0 Å². The molecule has 1 heterocycles. The van der Waals surface area contributed by atoms with Gasteiger partial charge in [-0.1, -0.05) is 11.6 Å². The van der Waals surface area contributed by atoms with Gasteiger partial charge >= 0.3 is 5.97 Å². The number of aromatic carboxylic acids is 1. The van der Waals surface area contributed by atoms with Crippen LogP contribution in [0.1, 0.15) is 10.4 Å². The van der Waals surface area contributed by atoms with Crippen molar-refractivity contribution in [1.82, 2.24) is 4.98 Å². The van der Waals surface area contributed by atoms with Crippen molar-refractivity contribution in [3.63, 3.8) is 0 Å². The summed E-state index contributed by atoms with van der Waals surface area (Å²) in [4.78, 5) is 14.2. The van der Waals surface area contributed by atoms with Crippen LogP contribution >= 0.6 is 11.6 Å². The summed E-state index contributed by atoms with van der Waals surface area (Å²) in [5.41, 5.74) is 0.0824. The fourth-order valence-corrected chi connectivity index (χ4v) is 1.000. The minimum Gasteiger partial charge on any atom is -0.478 e. The monoisotopic (exact) mass is 186 g/mol. The molecule has 64 valence electrons. The lowest BCUT2D eigenvalue weighted by molar-refractivity contribution is 0.0696. The summed E-state index contributed by atoms with van der Waals surface area (Å²) in [6.45, 7) is 0. The van der Waals surface area contributed by atoms with Crippen molar-refractivity contribution in [3.05, 3.63) is 22.8 Å². The molecule has 0 atom stereocenters. The molecule has 0 fully saturated rings. The third-order valence-corrected chi connectivity index (χ3v) is 1.61. The average Bonchev–Trinajstić information content (AvgIpc) is 2.04. The lowest BCUT2D eigenvalue weighted by Crippen LogP contribution is -2.00. The summed E-state index contributed by atoms with van der Waals surface area (Å²) in [7, 11) is 1.66. The maximum absolute atomic E-state index is 10.4. The number of hydrogen-bond donors (Lipinski definition) is 2. The summed E-state index contributed by atoms with van der Waals surface area (Å²) < 4.78 is 0. The van der Waals surface area contributed by atoms with E-state index in [-0.39, 0.29) is 5.56 Å². The molecule has 1 aromatic heterocycles. The number of aromatic nitrogens is 1. The van der Waals surface area contributed by atoms with Gasteiger partial charge in [-0.25, -0.2) is 9.78 Å². The molecule has 0 saturated carbocycles. The summed E-state index contributed by atoms with van der Waals surface area (Å²) >= 11 is 5.69. The third-order valence-electron chi connectivity index (χ3n) is 1.32. The fourth-order valence-electron chi connectivity index (χ4n) is 0.739. The molecule has 0 amide bonds. The summed E-state index contributed by atoms with van der Waals surface area (Å²) in [5, 5.41) is 11.6. The van der Waals surface area contributed by atoms with Gasteiger partial charge in [0, 0.05) is 13.2 Å². The second-order valence-corrected chi connectivity index (χ2v) is 2.52. The van der Waals surface area contributed by atoms with Crippen LogP contribution in [0.2, 0.25) is 5.02 Å². The van der Waals surface area contributed by atoms with Crippen LogP contribution in [0.4, 0.5) is 5.82 Å². The van der Waals surface area contributed by atoms with Gasteiger partial charge < -0.3 is 10.4 Å². The van der Waals surface area contributed by atoms with E-state index in [0.29, 0.717) is 10.8 Å². The highest BCUT2D eigenvalue weighted by Crippen LogP contribution is 2.18. The van der Waals surface area contributed by atoms with Crippen molar-refractivity contribution in [3.8, 4) is 0 Å². The molecule has 0 spiro atoms. The molecule has 0 saturated heterocycles. The van der Waals surface area contributed by atoms with Crippen molar-refractivity contribution >= 4 is 23.4 Å². The number of rotatable bonds is 2. The third kappa shape index (κ3) is 1.65. The van der Waals surface area contributed by atoms with E-state index in [4.69, 9.17) is 16.7 Å². The first kappa shape index (κ1) is 8.80. The molecule has 0 aromatic carbocycles. The van der Waals surface area contributed by atoms with Crippen LogP contribution < -0.4 is 5.32 Å². The number of carboxylic acid groups (broad SMARTS) is 1. The Balaban J connectivity index is 3.10. The molecule has 0 aliphatic rings. The van der Waals surface area contributed by atoms with Gasteiger partial charge in [-0.05, 0) is 6.07 Å². The smallest absolute Gasteiger partial charge is 0.337 e. The van der Waals surface area contributed by atoms with Gasteiger partial charge in [0.2, 0.25) is 0 Å². The van der Waals surface area contributed by atoms with Crippen molar-refractivity contribution < 1.29 is 9.90 Å². The normalized spacial score (nSPS) is 9.50. The maximum Gasteiger partial charge on any atom is 0.337 e. The highest BCUT2D eigenvalue weighted by molar-refractivity contribution is 6.33. The van der Waals surface area contributed by atoms with Crippen LogP contribution in [-0.2, 0) is 0 Å². The minimum absolute atomic E-state index is 0.0824. The molecule has 4 nitrogen and oxygen atoms in total. The zero-order chi connectivity index (χ0) is 9.14. The number of halogens is 1. The van der Waals surface area contributed by atoms with E-state index in [1.54, 1.807) is 7.05 Å². The summed E-state index contributed by atoms with van der Waals surface area (Å²) in [6, 6.07) is 1.35. The van der Waals surface area contributed by atoms with Crippen molar-refractivity contribution in [2.75, 3.05) is 12.4 Å².